The SMILES string of the molecule is C[C@@]1(O)CCCN(c2nc(OC[C@@]34CCCN3C[C@H](F)C4)nc3c2CO[C@@]2(CCCc4ccc(N)nc42)C3)C1. The van der Waals surface area contributed by atoms with Crippen LogP contribution in [-0.2, 0) is 29.8 Å². The zero-order chi connectivity index (χ0) is 26.8. The molecule has 2 aromatic rings. The molecule has 10 heteroatoms. The lowest BCUT2D eigenvalue weighted by Gasteiger charge is -2.43. The molecule has 0 bridgehead atoms. The monoisotopic (exact) mass is 538 g/mol. The molecule has 3 fully saturated rings. The first-order chi connectivity index (χ1) is 18.7. The van der Waals surface area contributed by atoms with E-state index in [0.717, 1.165) is 80.8 Å². The summed E-state index contributed by atoms with van der Waals surface area (Å²) in [4.78, 5) is 19.0. The number of aromatic nitrogens is 3. The number of aryl methyl sites for hydroxylation is 1. The minimum absolute atomic E-state index is 0.276. The third-order valence-electron chi connectivity index (χ3n) is 9.66. The minimum atomic E-state index is -0.812. The van der Waals surface area contributed by atoms with E-state index < -0.39 is 17.4 Å². The Labute approximate surface area is 228 Å². The van der Waals surface area contributed by atoms with Crippen LogP contribution in [0.15, 0.2) is 12.1 Å². The Bertz CT molecular complexity index is 1280. The van der Waals surface area contributed by atoms with Crippen molar-refractivity contribution in [3.63, 3.8) is 0 Å². The molecule has 4 atom stereocenters. The quantitative estimate of drug-likeness (QED) is 0.607. The summed E-state index contributed by atoms with van der Waals surface area (Å²) >= 11 is 0. The van der Waals surface area contributed by atoms with Crippen molar-refractivity contribution in [3.8, 4) is 6.01 Å². The molecule has 3 N–H and O–H groups in total. The maximum absolute atomic E-state index is 14.4. The number of anilines is 2. The largest absolute Gasteiger partial charge is 0.461 e. The van der Waals surface area contributed by atoms with E-state index in [9.17, 15) is 9.50 Å². The molecule has 2 aromatic heterocycles. The fraction of sp³-hybridized carbons (Fsp3) is 0.690. The first-order valence-electron chi connectivity index (χ1n) is 14.5. The second-order valence-corrected chi connectivity index (χ2v) is 12.7. The molecule has 0 radical (unpaired) electrons. The van der Waals surface area contributed by atoms with Crippen LogP contribution in [0.2, 0.25) is 0 Å². The number of ether oxygens (including phenoxy) is 2. The Morgan fingerprint density at radius 2 is 2.03 bits per heavy atom. The van der Waals surface area contributed by atoms with E-state index in [1.54, 1.807) is 0 Å². The summed E-state index contributed by atoms with van der Waals surface area (Å²) in [6.45, 7) is 5.31. The summed E-state index contributed by atoms with van der Waals surface area (Å²) in [5.41, 5.74) is 8.42. The molecule has 210 valence electrons. The molecule has 1 spiro atoms. The number of aliphatic hydroxyl groups is 1. The molecule has 0 unspecified atom stereocenters. The molecule has 5 aliphatic rings. The molecule has 0 aromatic carbocycles. The van der Waals surface area contributed by atoms with Gasteiger partial charge < -0.3 is 25.2 Å². The first-order valence-corrected chi connectivity index (χ1v) is 14.5. The number of pyridine rings is 1. The highest BCUT2D eigenvalue weighted by atomic mass is 19.1. The van der Waals surface area contributed by atoms with E-state index in [-0.39, 0.29) is 5.54 Å². The molecular formula is C29H39FN6O3. The zero-order valence-corrected chi connectivity index (χ0v) is 22.8. The van der Waals surface area contributed by atoms with Crippen LogP contribution < -0.4 is 15.4 Å². The van der Waals surface area contributed by atoms with E-state index >= 15 is 0 Å². The summed E-state index contributed by atoms with van der Waals surface area (Å²) < 4.78 is 27.4. The highest BCUT2D eigenvalue weighted by molar-refractivity contribution is 5.52. The third kappa shape index (κ3) is 4.44. The van der Waals surface area contributed by atoms with E-state index in [4.69, 9.17) is 30.2 Å². The van der Waals surface area contributed by atoms with Gasteiger partial charge in [0, 0.05) is 38.0 Å². The summed E-state index contributed by atoms with van der Waals surface area (Å²) in [6.07, 6.45) is 6.69. The smallest absolute Gasteiger partial charge is 0.318 e. The van der Waals surface area contributed by atoms with E-state index in [1.165, 1.54) is 5.56 Å². The maximum atomic E-state index is 14.4. The van der Waals surface area contributed by atoms with Crippen LogP contribution in [0.5, 0.6) is 6.01 Å². The summed E-state index contributed by atoms with van der Waals surface area (Å²) in [5.74, 6) is 1.27. The molecule has 1 aliphatic carbocycles. The van der Waals surface area contributed by atoms with Gasteiger partial charge in [0.05, 0.1) is 29.1 Å². The number of nitrogens with zero attached hydrogens (tertiary/aromatic N) is 5. The lowest BCUT2D eigenvalue weighted by atomic mass is 9.77. The Morgan fingerprint density at radius 3 is 2.90 bits per heavy atom. The van der Waals surface area contributed by atoms with Crippen molar-refractivity contribution in [3.05, 3.63) is 34.6 Å². The first kappa shape index (κ1) is 25.4. The Balaban J connectivity index is 1.25. The van der Waals surface area contributed by atoms with Gasteiger partial charge in [0.1, 0.15) is 30.0 Å². The van der Waals surface area contributed by atoms with E-state index in [1.807, 2.05) is 13.0 Å². The van der Waals surface area contributed by atoms with Gasteiger partial charge in [0.2, 0.25) is 0 Å². The molecular weight excluding hydrogens is 499 g/mol. The second kappa shape index (κ2) is 9.24. The van der Waals surface area contributed by atoms with Crippen molar-refractivity contribution in [2.45, 2.75) is 94.2 Å². The van der Waals surface area contributed by atoms with Crippen LogP contribution >= 0.6 is 0 Å². The third-order valence-corrected chi connectivity index (χ3v) is 9.66. The van der Waals surface area contributed by atoms with Crippen molar-refractivity contribution in [2.24, 2.45) is 0 Å². The Kier molecular flexibility index (Phi) is 6.02. The van der Waals surface area contributed by atoms with Crippen LogP contribution in [0.1, 0.15) is 74.4 Å². The zero-order valence-electron chi connectivity index (χ0n) is 22.8. The van der Waals surface area contributed by atoms with E-state index in [0.29, 0.717) is 51.0 Å². The summed E-state index contributed by atoms with van der Waals surface area (Å²) in [5, 5.41) is 10.9. The number of rotatable bonds is 4. The number of halogens is 1. The van der Waals surface area contributed by atoms with Crippen molar-refractivity contribution < 1.29 is 19.0 Å². The lowest BCUT2D eigenvalue weighted by molar-refractivity contribution is -0.0886. The molecule has 39 heavy (non-hydrogen) atoms. The van der Waals surface area contributed by atoms with Gasteiger partial charge in [-0.25, -0.2) is 9.37 Å². The second-order valence-electron chi connectivity index (χ2n) is 12.7. The topological polar surface area (TPSA) is 110 Å². The minimum Gasteiger partial charge on any atom is -0.461 e. The number of piperidine rings is 1. The predicted molar refractivity (Wildman–Crippen MR) is 144 cm³/mol. The molecule has 0 saturated carbocycles. The number of fused-ring (bicyclic) bond motifs is 4. The fourth-order valence-corrected chi connectivity index (χ4v) is 7.79. The number of nitrogen functional groups attached to an aromatic ring is 1. The average Bonchev–Trinajstić information content (AvgIpc) is 3.42. The van der Waals surface area contributed by atoms with Crippen molar-refractivity contribution in [2.75, 3.05) is 43.4 Å². The van der Waals surface area contributed by atoms with Gasteiger partial charge in [-0.1, -0.05) is 6.07 Å². The van der Waals surface area contributed by atoms with Gasteiger partial charge in [0.15, 0.2) is 0 Å². The standard InChI is InChI=1S/C29H39FN6O3/c1-27(37)8-3-11-35(17-27)25-21-16-39-29(10-2-5-19-6-7-23(31)33-24(19)29)14-22(21)32-26(34-25)38-18-28-9-4-12-36(28)15-20(30)13-28/h6-7,20,37H,2-5,8-18H2,1H3,(H2,31,33)/t20-,27-,28+,29+/m1/s1. The molecule has 4 aliphatic heterocycles. The van der Waals surface area contributed by atoms with Gasteiger partial charge in [0.25, 0.3) is 0 Å². The van der Waals surface area contributed by atoms with Crippen molar-refractivity contribution in [1.82, 2.24) is 19.9 Å². The highest BCUT2D eigenvalue weighted by Gasteiger charge is 2.50. The van der Waals surface area contributed by atoms with Gasteiger partial charge in [-0.3, -0.25) is 4.90 Å². The van der Waals surface area contributed by atoms with Crippen LogP contribution in [0, 0.1) is 0 Å². The van der Waals surface area contributed by atoms with Gasteiger partial charge in [-0.2, -0.15) is 9.97 Å². The van der Waals surface area contributed by atoms with Crippen LogP contribution in [0.4, 0.5) is 16.0 Å². The molecule has 9 nitrogen and oxygen atoms in total. The van der Waals surface area contributed by atoms with Crippen molar-refractivity contribution >= 4 is 11.6 Å². The molecule has 0 amide bonds. The van der Waals surface area contributed by atoms with Crippen LogP contribution in [0.25, 0.3) is 0 Å². The average molecular weight is 539 g/mol. The molecule has 3 saturated heterocycles. The van der Waals surface area contributed by atoms with Gasteiger partial charge >= 0.3 is 6.01 Å². The van der Waals surface area contributed by atoms with Gasteiger partial charge in [-0.05, 0) is 70.0 Å². The molecule has 6 heterocycles. The summed E-state index contributed by atoms with van der Waals surface area (Å²) in [6, 6.07) is 4.26. The van der Waals surface area contributed by atoms with Gasteiger partial charge in [-0.15, -0.1) is 0 Å². The normalized spacial score (nSPS) is 34.1. The van der Waals surface area contributed by atoms with Crippen molar-refractivity contribution in [1.29, 1.82) is 0 Å². The predicted octanol–water partition coefficient (Wildman–Crippen LogP) is 3.06. The Hall–Kier alpha value is -2.56. The Morgan fingerprint density at radius 1 is 1.15 bits per heavy atom. The number of alkyl halides is 1. The summed E-state index contributed by atoms with van der Waals surface area (Å²) in [7, 11) is 0. The maximum Gasteiger partial charge on any atom is 0.318 e. The number of hydrogen-bond donors (Lipinski definition) is 2. The number of hydrogen-bond acceptors (Lipinski definition) is 9. The number of β-amino-alcohol motifs (C(OH)–C–C–N with tert-alkyl or cyclic N) is 1. The van der Waals surface area contributed by atoms with Crippen LogP contribution in [0.3, 0.4) is 0 Å². The highest BCUT2D eigenvalue weighted by Crippen LogP contribution is 2.46. The van der Waals surface area contributed by atoms with E-state index in [2.05, 4.69) is 15.9 Å². The van der Waals surface area contributed by atoms with Crippen LogP contribution in [-0.4, -0.2) is 75.1 Å². The lowest BCUT2D eigenvalue weighted by Crippen LogP contribution is -2.48. The molecule has 7 rings (SSSR count). The fourth-order valence-electron chi connectivity index (χ4n) is 7.79. The number of nitrogens with two attached hydrogens (primary N) is 1.